The first-order valence-electron chi connectivity index (χ1n) is 8.22. The van der Waals surface area contributed by atoms with Crippen LogP contribution in [0.3, 0.4) is 0 Å². The third-order valence-electron chi connectivity index (χ3n) is 4.08. The highest BCUT2D eigenvalue weighted by Gasteiger charge is 2.05. The summed E-state index contributed by atoms with van der Waals surface area (Å²) in [4.78, 5) is 9.14. The van der Waals surface area contributed by atoms with E-state index in [1.165, 1.54) is 0 Å². The smallest absolute Gasteiger partial charge is 0.119 e. The molecule has 2 aromatic heterocycles. The van der Waals surface area contributed by atoms with Crippen LogP contribution in [0.2, 0.25) is 0 Å². The molecule has 0 saturated carbocycles. The molecule has 0 unspecified atom stereocenters. The van der Waals surface area contributed by atoms with Crippen molar-refractivity contribution in [2.75, 3.05) is 6.61 Å². The van der Waals surface area contributed by atoms with Gasteiger partial charge in [0.25, 0.3) is 0 Å². The molecule has 2 heterocycles. The lowest BCUT2D eigenvalue weighted by Gasteiger charge is -2.08. The summed E-state index contributed by atoms with van der Waals surface area (Å²) < 4.78 is 5.64. The molecule has 0 spiro atoms. The largest absolute Gasteiger partial charge is 0.494 e. The number of nitrogens with zero attached hydrogens (tertiary/aromatic N) is 2. The molecule has 0 radical (unpaired) electrons. The summed E-state index contributed by atoms with van der Waals surface area (Å²) in [5.74, 6) is 0.907. The number of pyridine rings is 2. The summed E-state index contributed by atoms with van der Waals surface area (Å²) in [6, 6.07) is 18.6. The van der Waals surface area contributed by atoms with E-state index >= 15 is 0 Å². The van der Waals surface area contributed by atoms with Gasteiger partial charge in [-0.25, -0.2) is 0 Å². The van der Waals surface area contributed by atoms with Gasteiger partial charge in [0.15, 0.2) is 0 Å². The molecule has 4 aromatic rings. The molecular formula is C21H18N2O. The average molecular weight is 314 g/mol. The number of ether oxygens (including phenoxy) is 1. The molecule has 0 saturated heterocycles. The van der Waals surface area contributed by atoms with Gasteiger partial charge < -0.3 is 4.74 Å². The molecule has 3 heteroatoms. The lowest BCUT2D eigenvalue weighted by atomic mass is 10.0. The monoisotopic (exact) mass is 314 g/mol. The predicted molar refractivity (Wildman–Crippen MR) is 98.3 cm³/mol. The van der Waals surface area contributed by atoms with E-state index < -0.39 is 0 Å². The van der Waals surface area contributed by atoms with E-state index in [9.17, 15) is 0 Å². The Kier molecular flexibility index (Phi) is 3.83. The molecule has 3 nitrogen and oxygen atoms in total. The Hall–Kier alpha value is -2.94. The maximum atomic E-state index is 5.64. The van der Waals surface area contributed by atoms with Crippen molar-refractivity contribution >= 4 is 21.8 Å². The van der Waals surface area contributed by atoms with E-state index in [1.807, 2.05) is 30.6 Å². The van der Waals surface area contributed by atoms with Gasteiger partial charge in [-0.3, -0.25) is 9.97 Å². The molecule has 0 amide bonds. The normalized spacial score (nSPS) is 11.0. The topological polar surface area (TPSA) is 35.0 Å². The van der Waals surface area contributed by atoms with Crippen LogP contribution in [-0.4, -0.2) is 16.6 Å². The standard InChI is InChI=1S/C21H18N2O/c1-2-12-24-19-9-7-15(8-10-19)18-13-17-6-5-16-4-3-11-22-20(16)21(17)23-14-18/h3-11,13-14H,2,12H2,1H3. The van der Waals surface area contributed by atoms with Crippen LogP contribution in [0.25, 0.3) is 32.9 Å². The molecule has 2 aromatic carbocycles. The van der Waals surface area contributed by atoms with Crippen molar-refractivity contribution in [1.82, 2.24) is 9.97 Å². The zero-order chi connectivity index (χ0) is 16.4. The van der Waals surface area contributed by atoms with Crippen LogP contribution in [0.5, 0.6) is 5.75 Å². The number of hydrogen-bond donors (Lipinski definition) is 0. The Balaban J connectivity index is 1.73. The predicted octanol–water partition coefficient (Wildman–Crippen LogP) is 5.24. The second kappa shape index (κ2) is 6.28. The van der Waals surface area contributed by atoms with Gasteiger partial charge in [-0.15, -0.1) is 0 Å². The Morgan fingerprint density at radius 2 is 1.62 bits per heavy atom. The summed E-state index contributed by atoms with van der Waals surface area (Å²) in [7, 11) is 0. The van der Waals surface area contributed by atoms with E-state index in [0.29, 0.717) is 0 Å². The first-order chi connectivity index (χ1) is 11.8. The highest BCUT2D eigenvalue weighted by atomic mass is 16.5. The van der Waals surface area contributed by atoms with Crippen LogP contribution in [-0.2, 0) is 0 Å². The van der Waals surface area contributed by atoms with E-state index in [0.717, 1.165) is 51.7 Å². The van der Waals surface area contributed by atoms with Crippen LogP contribution in [0.15, 0.2) is 67.0 Å². The fraction of sp³-hybridized carbons (Fsp3) is 0.143. The highest BCUT2D eigenvalue weighted by Crippen LogP contribution is 2.27. The highest BCUT2D eigenvalue weighted by molar-refractivity contribution is 6.03. The summed E-state index contributed by atoms with van der Waals surface area (Å²) in [6.45, 7) is 2.85. The first kappa shape index (κ1) is 14.6. The second-order valence-corrected chi connectivity index (χ2v) is 5.81. The number of rotatable bonds is 4. The molecule has 0 aliphatic carbocycles. The molecular weight excluding hydrogens is 296 g/mol. The van der Waals surface area contributed by atoms with Crippen molar-refractivity contribution in [3.05, 3.63) is 67.0 Å². The van der Waals surface area contributed by atoms with Crippen LogP contribution in [0.4, 0.5) is 0 Å². The van der Waals surface area contributed by atoms with E-state index in [4.69, 9.17) is 4.74 Å². The Labute approximate surface area is 140 Å². The number of aromatic nitrogens is 2. The van der Waals surface area contributed by atoms with Gasteiger partial charge in [-0.05, 0) is 36.2 Å². The van der Waals surface area contributed by atoms with E-state index in [-0.39, 0.29) is 0 Å². The maximum Gasteiger partial charge on any atom is 0.119 e. The van der Waals surface area contributed by atoms with Crippen molar-refractivity contribution < 1.29 is 4.74 Å². The summed E-state index contributed by atoms with van der Waals surface area (Å²) in [6.07, 6.45) is 4.74. The van der Waals surface area contributed by atoms with Gasteiger partial charge >= 0.3 is 0 Å². The Morgan fingerprint density at radius 3 is 2.46 bits per heavy atom. The van der Waals surface area contributed by atoms with Crippen molar-refractivity contribution in [1.29, 1.82) is 0 Å². The SMILES string of the molecule is CCCOc1ccc(-c2cnc3c(ccc4cccnc43)c2)cc1. The number of benzene rings is 2. The zero-order valence-electron chi connectivity index (χ0n) is 13.6. The van der Waals surface area contributed by atoms with Gasteiger partial charge in [-0.2, -0.15) is 0 Å². The van der Waals surface area contributed by atoms with Crippen LogP contribution >= 0.6 is 0 Å². The van der Waals surface area contributed by atoms with Crippen molar-refractivity contribution in [2.45, 2.75) is 13.3 Å². The lowest BCUT2D eigenvalue weighted by Crippen LogP contribution is -1.94. The second-order valence-electron chi connectivity index (χ2n) is 5.81. The van der Waals surface area contributed by atoms with Gasteiger partial charge in [0, 0.05) is 28.7 Å². The minimum absolute atomic E-state index is 0.747. The third-order valence-corrected chi connectivity index (χ3v) is 4.08. The fourth-order valence-corrected chi connectivity index (χ4v) is 2.86. The first-order valence-corrected chi connectivity index (χ1v) is 8.22. The molecule has 0 atom stereocenters. The number of hydrogen-bond acceptors (Lipinski definition) is 3. The van der Waals surface area contributed by atoms with Crippen molar-refractivity contribution in [3.63, 3.8) is 0 Å². The maximum absolute atomic E-state index is 5.64. The lowest BCUT2D eigenvalue weighted by molar-refractivity contribution is 0.317. The molecule has 0 bridgehead atoms. The summed E-state index contributed by atoms with van der Waals surface area (Å²) in [5.41, 5.74) is 4.12. The average Bonchev–Trinajstić information content (AvgIpc) is 2.66. The summed E-state index contributed by atoms with van der Waals surface area (Å²) >= 11 is 0. The van der Waals surface area contributed by atoms with E-state index in [2.05, 4.69) is 53.3 Å². The molecule has 0 fully saturated rings. The Morgan fingerprint density at radius 1 is 0.833 bits per heavy atom. The quantitative estimate of drug-likeness (QED) is 0.483. The van der Waals surface area contributed by atoms with E-state index in [1.54, 1.807) is 0 Å². The molecule has 0 N–H and O–H groups in total. The van der Waals surface area contributed by atoms with Crippen LogP contribution < -0.4 is 4.74 Å². The minimum Gasteiger partial charge on any atom is -0.494 e. The molecule has 24 heavy (non-hydrogen) atoms. The van der Waals surface area contributed by atoms with Gasteiger partial charge in [-0.1, -0.05) is 37.3 Å². The number of fused-ring (bicyclic) bond motifs is 3. The molecule has 0 aliphatic rings. The molecule has 118 valence electrons. The third kappa shape index (κ3) is 2.69. The van der Waals surface area contributed by atoms with Gasteiger partial charge in [0.05, 0.1) is 17.6 Å². The fourth-order valence-electron chi connectivity index (χ4n) is 2.86. The Bertz CT molecular complexity index is 993. The van der Waals surface area contributed by atoms with Gasteiger partial charge in [0.1, 0.15) is 5.75 Å². The van der Waals surface area contributed by atoms with Crippen LogP contribution in [0, 0.1) is 0 Å². The molecule has 0 aliphatic heterocycles. The minimum atomic E-state index is 0.747. The summed E-state index contributed by atoms with van der Waals surface area (Å²) in [5, 5.41) is 2.22. The van der Waals surface area contributed by atoms with Gasteiger partial charge in [0.2, 0.25) is 0 Å². The molecule has 4 rings (SSSR count). The van der Waals surface area contributed by atoms with Crippen molar-refractivity contribution in [3.8, 4) is 16.9 Å². The zero-order valence-corrected chi connectivity index (χ0v) is 13.6. The van der Waals surface area contributed by atoms with Crippen molar-refractivity contribution in [2.24, 2.45) is 0 Å². The van der Waals surface area contributed by atoms with Crippen LogP contribution in [0.1, 0.15) is 13.3 Å².